The van der Waals surface area contributed by atoms with E-state index in [1.807, 2.05) is 11.6 Å². The molecule has 90 valence electrons. The van der Waals surface area contributed by atoms with E-state index in [0.29, 0.717) is 5.75 Å². The van der Waals surface area contributed by atoms with Crippen LogP contribution in [0.4, 0.5) is 5.69 Å². The lowest BCUT2D eigenvalue weighted by Gasteiger charge is -2.33. The first kappa shape index (κ1) is 10.8. The SMILES string of the molecule is NC1CCCN(c2c(O)ccc3ncsc23)C1. The molecule has 0 amide bonds. The highest BCUT2D eigenvalue weighted by atomic mass is 32.1. The number of hydrogen-bond donors (Lipinski definition) is 2. The van der Waals surface area contributed by atoms with Crippen LogP contribution in [0.3, 0.4) is 0 Å². The zero-order valence-corrected chi connectivity index (χ0v) is 10.3. The number of aromatic hydroxyl groups is 1. The zero-order chi connectivity index (χ0) is 11.8. The van der Waals surface area contributed by atoms with E-state index in [4.69, 9.17) is 5.73 Å². The lowest BCUT2D eigenvalue weighted by molar-refractivity contribution is 0.463. The Morgan fingerprint density at radius 2 is 2.35 bits per heavy atom. The Morgan fingerprint density at radius 1 is 1.47 bits per heavy atom. The van der Waals surface area contributed by atoms with Crippen LogP contribution in [0.2, 0.25) is 0 Å². The van der Waals surface area contributed by atoms with Crippen LogP contribution >= 0.6 is 11.3 Å². The predicted octanol–water partition coefficient (Wildman–Crippen LogP) is 1.93. The molecule has 0 spiro atoms. The van der Waals surface area contributed by atoms with Crippen molar-refractivity contribution in [3.63, 3.8) is 0 Å². The Balaban J connectivity index is 2.08. The average molecular weight is 249 g/mol. The molecule has 1 aliphatic heterocycles. The van der Waals surface area contributed by atoms with Gasteiger partial charge in [-0.3, -0.25) is 0 Å². The van der Waals surface area contributed by atoms with Crippen molar-refractivity contribution in [2.45, 2.75) is 18.9 Å². The molecular formula is C12H15N3OS. The number of phenolic OH excluding ortho intramolecular Hbond substituents is 1. The number of nitrogens with two attached hydrogens (primary N) is 1. The van der Waals surface area contributed by atoms with Crippen LogP contribution in [0.25, 0.3) is 10.2 Å². The van der Waals surface area contributed by atoms with Gasteiger partial charge in [0.2, 0.25) is 0 Å². The fourth-order valence-electron chi connectivity index (χ4n) is 2.42. The second-order valence-electron chi connectivity index (χ2n) is 4.48. The minimum absolute atomic E-state index is 0.200. The molecule has 1 atom stereocenters. The van der Waals surface area contributed by atoms with Crippen molar-refractivity contribution in [1.82, 2.24) is 4.98 Å². The van der Waals surface area contributed by atoms with Gasteiger partial charge >= 0.3 is 0 Å². The van der Waals surface area contributed by atoms with Crippen molar-refractivity contribution in [1.29, 1.82) is 0 Å². The van der Waals surface area contributed by atoms with Crippen LogP contribution in [0.1, 0.15) is 12.8 Å². The van der Waals surface area contributed by atoms with Crippen molar-refractivity contribution >= 4 is 27.2 Å². The highest BCUT2D eigenvalue weighted by Gasteiger charge is 2.22. The summed E-state index contributed by atoms with van der Waals surface area (Å²) >= 11 is 1.57. The molecule has 0 radical (unpaired) electrons. The van der Waals surface area contributed by atoms with E-state index in [-0.39, 0.29) is 6.04 Å². The van der Waals surface area contributed by atoms with E-state index < -0.39 is 0 Å². The summed E-state index contributed by atoms with van der Waals surface area (Å²) in [7, 11) is 0. The van der Waals surface area contributed by atoms with Crippen LogP contribution in [-0.2, 0) is 0 Å². The maximum absolute atomic E-state index is 10.1. The lowest BCUT2D eigenvalue weighted by atomic mass is 10.1. The second kappa shape index (κ2) is 4.16. The van der Waals surface area contributed by atoms with Gasteiger partial charge in [-0.1, -0.05) is 0 Å². The summed E-state index contributed by atoms with van der Waals surface area (Å²) in [5.41, 5.74) is 9.66. The molecule has 1 aromatic heterocycles. The number of thiazole rings is 1. The molecule has 1 fully saturated rings. The maximum atomic E-state index is 10.1. The largest absolute Gasteiger partial charge is 0.506 e. The van der Waals surface area contributed by atoms with Crippen molar-refractivity contribution < 1.29 is 5.11 Å². The molecule has 0 bridgehead atoms. The molecule has 3 N–H and O–H groups in total. The fourth-order valence-corrected chi connectivity index (χ4v) is 3.28. The summed E-state index contributed by atoms with van der Waals surface area (Å²) in [6, 6.07) is 3.78. The normalized spacial score (nSPS) is 21.0. The Bertz CT molecular complexity index is 540. The Kier molecular flexibility index (Phi) is 2.64. The standard InChI is InChI=1S/C12H15N3OS/c13-8-2-1-5-15(6-8)11-10(16)4-3-9-12(11)17-7-14-9/h3-4,7-8,16H,1-2,5-6,13H2. The van der Waals surface area contributed by atoms with Gasteiger partial charge in [0.15, 0.2) is 0 Å². The first-order chi connectivity index (χ1) is 8.25. The van der Waals surface area contributed by atoms with Gasteiger partial charge in [-0.2, -0.15) is 0 Å². The van der Waals surface area contributed by atoms with Crippen molar-refractivity contribution in [3.05, 3.63) is 17.6 Å². The molecule has 1 saturated heterocycles. The van der Waals surface area contributed by atoms with E-state index in [9.17, 15) is 5.11 Å². The van der Waals surface area contributed by atoms with Gasteiger partial charge in [0.05, 0.1) is 21.4 Å². The summed E-state index contributed by atoms with van der Waals surface area (Å²) in [5.74, 6) is 0.329. The summed E-state index contributed by atoms with van der Waals surface area (Å²) in [6.07, 6.45) is 2.14. The smallest absolute Gasteiger partial charge is 0.140 e. The van der Waals surface area contributed by atoms with E-state index in [2.05, 4.69) is 9.88 Å². The second-order valence-corrected chi connectivity index (χ2v) is 5.34. The first-order valence-electron chi connectivity index (χ1n) is 5.81. The van der Waals surface area contributed by atoms with Crippen molar-refractivity contribution in [3.8, 4) is 5.75 Å². The Labute approximate surface area is 104 Å². The number of rotatable bonds is 1. The fraction of sp³-hybridized carbons (Fsp3) is 0.417. The molecule has 2 heterocycles. The van der Waals surface area contributed by atoms with Crippen LogP contribution < -0.4 is 10.6 Å². The molecule has 1 unspecified atom stereocenters. The average Bonchev–Trinajstić information content (AvgIpc) is 2.76. The minimum atomic E-state index is 0.200. The number of aromatic nitrogens is 1. The highest BCUT2D eigenvalue weighted by Crippen LogP contribution is 2.38. The lowest BCUT2D eigenvalue weighted by Crippen LogP contribution is -2.42. The van der Waals surface area contributed by atoms with E-state index in [1.165, 1.54) is 0 Å². The molecule has 2 aromatic rings. The van der Waals surface area contributed by atoms with Gasteiger partial charge in [0.1, 0.15) is 5.75 Å². The molecule has 1 aromatic carbocycles. The van der Waals surface area contributed by atoms with Crippen LogP contribution in [0.15, 0.2) is 17.6 Å². The number of phenols is 1. The van der Waals surface area contributed by atoms with Gasteiger partial charge in [-0.05, 0) is 25.0 Å². The quantitative estimate of drug-likeness (QED) is 0.810. The predicted molar refractivity (Wildman–Crippen MR) is 70.7 cm³/mol. The third-order valence-corrected chi connectivity index (χ3v) is 4.07. The number of benzene rings is 1. The zero-order valence-electron chi connectivity index (χ0n) is 9.47. The highest BCUT2D eigenvalue weighted by molar-refractivity contribution is 7.17. The molecular weight excluding hydrogens is 234 g/mol. The molecule has 0 aliphatic carbocycles. The summed E-state index contributed by atoms with van der Waals surface area (Å²) in [5, 5.41) is 10.1. The summed E-state index contributed by atoms with van der Waals surface area (Å²) < 4.78 is 1.05. The van der Waals surface area contributed by atoms with E-state index >= 15 is 0 Å². The van der Waals surface area contributed by atoms with Gasteiger partial charge in [-0.25, -0.2) is 4.98 Å². The molecule has 1 aliphatic rings. The number of anilines is 1. The summed E-state index contributed by atoms with van der Waals surface area (Å²) in [6.45, 7) is 1.77. The molecule has 17 heavy (non-hydrogen) atoms. The van der Waals surface area contributed by atoms with Gasteiger partial charge in [-0.15, -0.1) is 11.3 Å². The van der Waals surface area contributed by atoms with Gasteiger partial charge in [0.25, 0.3) is 0 Å². The third kappa shape index (κ3) is 1.85. The first-order valence-corrected chi connectivity index (χ1v) is 6.69. The number of piperidine rings is 1. The maximum Gasteiger partial charge on any atom is 0.140 e. The number of fused-ring (bicyclic) bond motifs is 1. The molecule has 5 heteroatoms. The van der Waals surface area contributed by atoms with Crippen LogP contribution in [0.5, 0.6) is 5.75 Å². The van der Waals surface area contributed by atoms with Gasteiger partial charge < -0.3 is 15.7 Å². The third-order valence-electron chi connectivity index (χ3n) is 3.23. The Morgan fingerprint density at radius 3 is 3.18 bits per heavy atom. The number of nitrogens with zero attached hydrogens (tertiary/aromatic N) is 2. The van der Waals surface area contributed by atoms with Crippen LogP contribution in [-0.4, -0.2) is 29.2 Å². The molecule has 4 nitrogen and oxygen atoms in total. The van der Waals surface area contributed by atoms with Gasteiger partial charge in [0, 0.05) is 19.1 Å². The van der Waals surface area contributed by atoms with Crippen molar-refractivity contribution in [2.75, 3.05) is 18.0 Å². The minimum Gasteiger partial charge on any atom is -0.506 e. The van der Waals surface area contributed by atoms with E-state index in [0.717, 1.165) is 41.8 Å². The molecule has 3 rings (SSSR count). The van der Waals surface area contributed by atoms with Crippen molar-refractivity contribution in [2.24, 2.45) is 5.73 Å². The summed E-state index contributed by atoms with van der Waals surface area (Å²) in [4.78, 5) is 6.47. The topological polar surface area (TPSA) is 62.4 Å². The van der Waals surface area contributed by atoms with Crippen LogP contribution in [0, 0.1) is 0 Å². The van der Waals surface area contributed by atoms with E-state index in [1.54, 1.807) is 17.4 Å². The molecule has 0 saturated carbocycles. The Hall–Kier alpha value is -1.33. The number of hydrogen-bond acceptors (Lipinski definition) is 5. The monoisotopic (exact) mass is 249 g/mol.